The van der Waals surface area contributed by atoms with Crippen molar-refractivity contribution in [3.63, 3.8) is 0 Å². The van der Waals surface area contributed by atoms with Gasteiger partial charge in [-0.05, 0) is 53.3 Å². The minimum absolute atomic E-state index is 0.0113. The zero-order chi connectivity index (χ0) is 24.3. The van der Waals surface area contributed by atoms with Crippen molar-refractivity contribution in [2.75, 3.05) is 25.1 Å². The Hall–Kier alpha value is -3.37. The van der Waals surface area contributed by atoms with E-state index >= 15 is 0 Å². The predicted molar refractivity (Wildman–Crippen MR) is 129 cm³/mol. The number of nitrogens with one attached hydrogen (secondary N) is 1. The number of rotatable bonds is 8. The van der Waals surface area contributed by atoms with Gasteiger partial charge in [0.25, 0.3) is 10.0 Å². The van der Waals surface area contributed by atoms with E-state index in [1.165, 1.54) is 46.1 Å². The number of methoxy groups -OCH3 is 2. The van der Waals surface area contributed by atoms with E-state index in [2.05, 4.69) is 5.32 Å². The van der Waals surface area contributed by atoms with E-state index in [0.29, 0.717) is 40.6 Å². The van der Waals surface area contributed by atoms with Crippen LogP contribution in [0.15, 0.2) is 65.0 Å². The number of Topliss-reactive ketones (excluding diaryl/α,β-unsaturated/α-hetero) is 1. The number of ether oxygens (including phenoxy) is 2. The molecule has 178 valence electrons. The van der Waals surface area contributed by atoms with Gasteiger partial charge in [-0.2, -0.15) is 0 Å². The summed E-state index contributed by atoms with van der Waals surface area (Å²) >= 11 is 1.19. The van der Waals surface area contributed by atoms with E-state index in [-0.39, 0.29) is 11.4 Å². The molecule has 4 rings (SSSR count). The van der Waals surface area contributed by atoms with Gasteiger partial charge in [-0.15, -0.1) is 11.3 Å². The Morgan fingerprint density at radius 1 is 1.03 bits per heavy atom. The van der Waals surface area contributed by atoms with E-state index in [1.807, 2.05) is 12.1 Å². The van der Waals surface area contributed by atoms with Crippen LogP contribution in [0.1, 0.15) is 20.8 Å². The van der Waals surface area contributed by atoms with Crippen LogP contribution in [0, 0.1) is 5.82 Å². The van der Waals surface area contributed by atoms with Crippen LogP contribution in [-0.4, -0.2) is 35.0 Å². The number of carbonyl (C=O) groups is 1. The molecule has 1 aromatic heterocycles. The van der Waals surface area contributed by atoms with Crippen molar-refractivity contribution in [3.05, 3.63) is 86.8 Å². The van der Waals surface area contributed by atoms with E-state index in [4.69, 9.17) is 9.47 Å². The van der Waals surface area contributed by atoms with Gasteiger partial charge in [-0.3, -0.25) is 9.10 Å². The van der Waals surface area contributed by atoms with Crippen molar-refractivity contribution in [2.24, 2.45) is 0 Å². The van der Waals surface area contributed by atoms with E-state index in [0.717, 1.165) is 5.56 Å². The number of hydrogen-bond acceptors (Lipinski definition) is 7. The molecule has 0 saturated heterocycles. The normalized spacial score (nSPS) is 15.8. The molecular weight excluding hydrogens is 479 g/mol. The number of allylic oxidation sites excluding steroid dienone is 1. The molecule has 0 fully saturated rings. The minimum atomic E-state index is -4.11. The van der Waals surface area contributed by atoms with Crippen molar-refractivity contribution in [1.29, 1.82) is 0 Å². The van der Waals surface area contributed by atoms with Gasteiger partial charge in [-0.1, -0.05) is 18.2 Å². The first kappa shape index (κ1) is 23.8. The molecule has 2 aromatic carbocycles. The standard InChI is InChI=1S/C24H23FN2O5S2/c1-31-20-8-5-16(13-21(20)32-2)9-11-26-14-22-23(28)24-19(10-12-33-24)27(34(22,29)30)15-17-3-6-18(25)7-4-17/h3-8,10,12-14,26H,9,11,15H2,1-2H3. The highest BCUT2D eigenvalue weighted by Crippen LogP contribution is 2.39. The van der Waals surface area contributed by atoms with Gasteiger partial charge in [0.15, 0.2) is 16.4 Å². The second-order valence-corrected chi connectivity index (χ2v) is 10.3. The largest absolute Gasteiger partial charge is 0.493 e. The third kappa shape index (κ3) is 4.64. The van der Waals surface area contributed by atoms with Crippen molar-refractivity contribution < 1.29 is 27.1 Å². The minimum Gasteiger partial charge on any atom is -0.493 e. The highest BCUT2D eigenvalue weighted by atomic mass is 32.2. The molecule has 3 aromatic rings. The number of thiophene rings is 1. The molecule has 7 nitrogen and oxygen atoms in total. The van der Waals surface area contributed by atoms with Crippen LogP contribution in [0.2, 0.25) is 0 Å². The van der Waals surface area contributed by atoms with Crippen LogP contribution in [0.5, 0.6) is 11.5 Å². The van der Waals surface area contributed by atoms with Gasteiger partial charge < -0.3 is 14.8 Å². The van der Waals surface area contributed by atoms with Crippen LogP contribution in [0.25, 0.3) is 0 Å². The number of anilines is 1. The molecule has 0 atom stereocenters. The van der Waals surface area contributed by atoms with Crippen molar-refractivity contribution in [1.82, 2.24) is 5.32 Å². The second kappa shape index (κ2) is 9.86. The number of halogens is 1. The molecule has 0 amide bonds. The molecule has 0 radical (unpaired) electrons. The molecule has 0 saturated carbocycles. The summed E-state index contributed by atoms with van der Waals surface area (Å²) in [5, 5.41) is 4.65. The number of sulfonamides is 1. The maximum atomic E-state index is 13.4. The fraction of sp³-hybridized carbons (Fsp3) is 0.208. The number of nitrogens with zero attached hydrogens (tertiary/aromatic N) is 1. The van der Waals surface area contributed by atoms with Crippen molar-refractivity contribution in [3.8, 4) is 11.5 Å². The summed E-state index contributed by atoms with van der Waals surface area (Å²) in [4.78, 5) is 13.0. The topological polar surface area (TPSA) is 84.9 Å². The maximum Gasteiger partial charge on any atom is 0.270 e. The Labute approximate surface area is 201 Å². The zero-order valence-corrected chi connectivity index (χ0v) is 20.2. The molecule has 0 unspecified atom stereocenters. The number of carbonyl (C=O) groups excluding carboxylic acids is 1. The molecule has 1 aliphatic rings. The number of benzene rings is 2. The third-order valence-corrected chi connectivity index (χ3v) is 8.06. The smallest absolute Gasteiger partial charge is 0.270 e. The van der Waals surface area contributed by atoms with Gasteiger partial charge in [-0.25, -0.2) is 12.8 Å². The van der Waals surface area contributed by atoms with Crippen LogP contribution in [0.3, 0.4) is 0 Å². The van der Waals surface area contributed by atoms with Gasteiger partial charge in [0.05, 0.1) is 26.5 Å². The van der Waals surface area contributed by atoms with Crippen LogP contribution < -0.4 is 19.1 Å². The van der Waals surface area contributed by atoms with Crippen LogP contribution >= 0.6 is 11.3 Å². The highest BCUT2D eigenvalue weighted by molar-refractivity contribution is 7.97. The van der Waals surface area contributed by atoms with Gasteiger partial charge in [0.1, 0.15) is 10.7 Å². The van der Waals surface area contributed by atoms with Crippen molar-refractivity contribution in [2.45, 2.75) is 13.0 Å². The van der Waals surface area contributed by atoms with E-state index in [9.17, 15) is 17.6 Å². The summed E-state index contributed by atoms with van der Waals surface area (Å²) in [5.74, 6) is 0.271. The first-order valence-electron chi connectivity index (χ1n) is 10.4. The van der Waals surface area contributed by atoms with Gasteiger partial charge in [0.2, 0.25) is 5.78 Å². The summed E-state index contributed by atoms with van der Waals surface area (Å²) in [5.41, 5.74) is 1.90. The third-order valence-electron chi connectivity index (χ3n) is 5.39. The number of fused-ring (bicyclic) bond motifs is 1. The molecular formula is C24H23FN2O5S2. The summed E-state index contributed by atoms with van der Waals surface area (Å²) < 4.78 is 51.8. The Morgan fingerprint density at radius 2 is 1.74 bits per heavy atom. The molecule has 1 N–H and O–H groups in total. The summed E-state index contributed by atoms with van der Waals surface area (Å²) in [6.45, 7) is 0.389. The maximum absolute atomic E-state index is 13.4. The molecule has 0 bridgehead atoms. The summed E-state index contributed by atoms with van der Waals surface area (Å²) in [6, 6.07) is 12.7. The van der Waals surface area contributed by atoms with Crippen LogP contribution in [0.4, 0.5) is 10.1 Å². The first-order chi connectivity index (χ1) is 16.3. The fourth-order valence-electron chi connectivity index (χ4n) is 3.63. The summed E-state index contributed by atoms with van der Waals surface area (Å²) in [7, 11) is -0.994. The zero-order valence-electron chi connectivity index (χ0n) is 18.6. The molecule has 10 heteroatoms. The lowest BCUT2D eigenvalue weighted by Crippen LogP contribution is -2.38. The first-order valence-corrected chi connectivity index (χ1v) is 12.7. The molecule has 2 heterocycles. The number of ketones is 1. The SMILES string of the molecule is COc1ccc(CCNC=C2C(=O)c3sccc3N(Cc3ccc(F)cc3)S2(=O)=O)cc1OC. The lowest BCUT2D eigenvalue weighted by Gasteiger charge is -2.29. The van der Waals surface area contributed by atoms with E-state index < -0.39 is 21.6 Å². The summed E-state index contributed by atoms with van der Waals surface area (Å²) in [6.07, 6.45) is 1.83. The average molecular weight is 503 g/mol. The molecule has 0 aliphatic carbocycles. The Morgan fingerprint density at radius 3 is 2.44 bits per heavy atom. The van der Waals surface area contributed by atoms with Gasteiger partial charge >= 0.3 is 0 Å². The van der Waals surface area contributed by atoms with E-state index in [1.54, 1.807) is 31.7 Å². The quantitative estimate of drug-likeness (QED) is 0.369. The fourth-order valence-corrected chi connectivity index (χ4v) is 6.14. The molecule has 34 heavy (non-hydrogen) atoms. The van der Waals surface area contributed by atoms with Crippen molar-refractivity contribution >= 4 is 32.8 Å². The lowest BCUT2D eigenvalue weighted by molar-refractivity contribution is 0.104. The predicted octanol–water partition coefficient (Wildman–Crippen LogP) is 4.11. The van der Waals surface area contributed by atoms with Gasteiger partial charge in [0, 0.05) is 12.7 Å². The Balaban J connectivity index is 1.54. The Bertz CT molecular complexity index is 1330. The number of hydrogen-bond donors (Lipinski definition) is 1. The monoisotopic (exact) mass is 502 g/mol. The highest BCUT2D eigenvalue weighted by Gasteiger charge is 2.41. The molecule has 0 spiro atoms. The Kier molecular flexibility index (Phi) is 6.90. The van der Waals surface area contributed by atoms with Crippen LogP contribution in [-0.2, 0) is 23.0 Å². The molecule has 1 aliphatic heterocycles. The average Bonchev–Trinajstić information content (AvgIpc) is 3.32. The second-order valence-electron chi connectivity index (χ2n) is 7.50. The lowest BCUT2D eigenvalue weighted by atomic mass is 10.1.